The van der Waals surface area contributed by atoms with E-state index < -0.39 is 18.0 Å². The number of likely N-dealkylation sites (tertiary alicyclic amines) is 1. The number of fused-ring (bicyclic) bond motifs is 2. The van der Waals surface area contributed by atoms with E-state index in [1.54, 1.807) is 17.0 Å². The molecule has 10 nitrogen and oxygen atoms in total. The van der Waals surface area contributed by atoms with E-state index in [9.17, 15) is 19.5 Å². The van der Waals surface area contributed by atoms with Crippen LogP contribution < -0.4 is 20.7 Å². The minimum Gasteiger partial charge on any atom is -0.481 e. The Morgan fingerprint density at radius 2 is 2.17 bits per heavy atom. The SMILES string of the molecule is O=C(O)C[C@@H](c1ccc2c(n1)OC(=O)CN2)N1CCC(CCCC2=CC=C3CCCNC3N2)C1=O. The molecular weight excluding hydrogens is 450 g/mol. The predicted molar refractivity (Wildman–Crippen MR) is 127 cm³/mol. The van der Waals surface area contributed by atoms with Crippen LogP contribution in [0.25, 0.3) is 0 Å². The topological polar surface area (TPSA) is 133 Å². The van der Waals surface area contributed by atoms with Gasteiger partial charge in [-0.2, -0.15) is 0 Å². The molecule has 35 heavy (non-hydrogen) atoms. The molecule has 0 spiro atoms. The molecule has 3 atom stereocenters. The van der Waals surface area contributed by atoms with Gasteiger partial charge in [0.1, 0.15) is 6.54 Å². The minimum absolute atomic E-state index is 0.0346. The van der Waals surface area contributed by atoms with Gasteiger partial charge in [0, 0.05) is 18.2 Å². The molecule has 4 aliphatic heterocycles. The number of aromatic nitrogens is 1. The Balaban J connectivity index is 1.22. The number of ether oxygens (including phenoxy) is 1. The van der Waals surface area contributed by atoms with Crippen molar-refractivity contribution in [3.8, 4) is 5.88 Å². The Hall–Kier alpha value is -3.40. The molecule has 0 radical (unpaired) electrons. The zero-order valence-electron chi connectivity index (χ0n) is 19.6. The molecule has 2 fully saturated rings. The lowest BCUT2D eigenvalue weighted by molar-refractivity contribution is -0.141. The number of hydrogen-bond acceptors (Lipinski definition) is 8. The maximum atomic E-state index is 13.3. The van der Waals surface area contributed by atoms with Gasteiger partial charge >= 0.3 is 11.9 Å². The number of piperidine rings is 1. The fourth-order valence-corrected chi connectivity index (χ4v) is 5.32. The van der Waals surface area contributed by atoms with Gasteiger partial charge in [-0.15, -0.1) is 0 Å². The third-order valence-electron chi connectivity index (χ3n) is 7.14. The zero-order valence-corrected chi connectivity index (χ0v) is 19.6. The Kier molecular flexibility index (Phi) is 6.72. The summed E-state index contributed by atoms with van der Waals surface area (Å²) in [6.07, 6.45) is 9.80. The highest BCUT2D eigenvalue weighted by Gasteiger charge is 2.38. The average Bonchev–Trinajstić information content (AvgIpc) is 3.21. The minimum atomic E-state index is -1.01. The molecule has 2 unspecified atom stereocenters. The van der Waals surface area contributed by atoms with E-state index in [0.717, 1.165) is 32.2 Å². The normalized spacial score (nSPS) is 24.3. The van der Waals surface area contributed by atoms with Crippen LogP contribution in [0.5, 0.6) is 5.88 Å². The Morgan fingerprint density at radius 3 is 3.03 bits per heavy atom. The number of amides is 1. The van der Waals surface area contributed by atoms with Crippen molar-refractivity contribution in [1.29, 1.82) is 0 Å². The summed E-state index contributed by atoms with van der Waals surface area (Å²) in [6, 6.07) is 2.70. The molecule has 186 valence electrons. The number of dihydropyridines is 1. The number of carbonyl (C=O) groups excluding carboxylic acids is 2. The molecule has 0 aliphatic carbocycles. The van der Waals surface area contributed by atoms with E-state index >= 15 is 0 Å². The van der Waals surface area contributed by atoms with Gasteiger partial charge in [-0.3, -0.25) is 14.9 Å². The maximum absolute atomic E-state index is 13.3. The van der Waals surface area contributed by atoms with Crippen molar-refractivity contribution in [1.82, 2.24) is 20.5 Å². The molecule has 0 saturated carbocycles. The summed E-state index contributed by atoms with van der Waals surface area (Å²) in [5, 5.41) is 19.5. The van der Waals surface area contributed by atoms with Crippen molar-refractivity contribution >= 4 is 23.5 Å². The van der Waals surface area contributed by atoms with Gasteiger partial charge in [0.2, 0.25) is 11.8 Å². The van der Waals surface area contributed by atoms with E-state index in [1.807, 2.05) is 0 Å². The Labute approximate surface area is 203 Å². The maximum Gasteiger partial charge on any atom is 0.332 e. The van der Waals surface area contributed by atoms with Crippen LogP contribution in [0.3, 0.4) is 0 Å². The summed E-state index contributed by atoms with van der Waals surface area (Å²) in [5.74, 6) is -1.52. The molecule has 1 aromatic heterocycles. The standard InChI is InChI=1S/C25H31N5O5/c31-21(32)13-20(18-8-9-19-24(29-18)35-22(33)14-27-19)30-12-10-16(25(30)34)3-1-5-17-7-6-15-4-2-11-26-23(15)28-17/h6-9,16,20,23,26-28H,1-5,10-14H2,(H,31,32)/t16?,20-,23?/m0/s1. The second-order valence-electron chi connectivity index (χ2n) is 9.51. The molecular formula is C25H31N5O5. The number of carboxylic acids is 1. The smallest absolute Gasteiger partial charge is 0.332 e. The molecule has 10 heteroatoms. The predicted octanol–water partition coefficient (Wildman–Crippen LogP) is 2.07. The largest absolute Gasteiger partial charge is 0.481 e. The molecule has 0 aromatic carbocycles. The quantitative estimate of drug-likeness (QED) is 0.412. The van der Waals surface area contributed by atoms with Crippen molar-refractivity contribution in [2.24, 2.45) is 5.92 Å². The lowest BCUT2D eigenvalue weighted by Gasteiger charge is -2.32. The Bertz CT molecular complexity index is 1080. The number of carbonyl (C=O) groups is 3. The molecule has 5 heterocycles. The highest BCUT2D eigenvalue weighted by Crippen LogP contribution is 2.35. The summed E-state index contributed by atoms with van der Waals surface area (Å²) >= 11 is 0. The number of hydrogen-bond donors (Lipinski definition) is 4. The van der Waals surface area contributed by atoms with Crippen LogP contribution in [0.1, 0.15) is 56.7 Å². The third-order valence-corrected chi connectivity index (χ3v) is 7.14. The third kappa shape index (κ3) is 5.17. The van der Waals surface area contributed by atoms with Gasteiger partial charge in [-0.05, 0) is 68.9 Å². The Morgan fingerprint density at radius 1 is 1.29 bits per heavy atom. The zero-order chi connectivity index (χ0) is 24.4. The fraction of sp³-hybridized carbons (Fsp3) is 0.520. The van der Waals surface area contributed by atoms with Crippen LogP contribution in [-0.2, 0) is 14.4 Å². The number of esters is 1. The molecule has 0 bridgehead atoms. The number of aliphatic carboxylic acids is 1. The first-order valence-electron chi connectivity index (χ1n) is 12.4. The van der Waals surface area contributed by atoms with E-state index in [2.05, 4.69) is 33.1 Å². The second kappa shape index (κ2) is 10.1. The van der Waals surface area contributed by atoms with Gasteiger partial charge in [-0.25, -0.2) is 9.78 Å². The van der Waals surface area contributed by atoms with Crippen LogP contribution >= 0.6 is 0 Å². The van der Waals surface area contributed by atoms with Gasteiger partial charge in [0.25, 0.3) is 0 Å². The summed E-state index contributed by atoms with van der Waals surface area (Å²) in [4.78, 5) is 42.5. The first-order chi connectivity index (χ1) is 17.0. The van der Waals surface area contributed by atoms with E-state index in [1.165, 1.54) is 17.7 Å². The lowest BCUT2D eigenvalue weighted by atomic mass is 9.96. The highest BCUT2D eigenvalue weighted by atomic mass is 16.5. The molecule has 4 aliphatic rings. The number of pyridine rings is 1. The summed E-state index contributed by atoms with van der Waals surface area (Å²) in [6.45, 7) is 1.56. The number of allylic oxidation sites excluding steroid dienone is 3. The van der Waals surface area contributed by atoms with Crippen molar-refractivity contribution < 1.29 is 24.2 Å². The van der Waals surface area contributed by atoms with Crippen LogP contribution in [-0.4, -0.2) is 58.6 Å². The van der Waals surface area contributed by atoms with Crippen LogP contribution in [0.2, 0.25) is 0 Å². The second-order valence-corrected chi connectivity index (χ2v) is 9.51. The molecule has 2 saturated heterocycles. The van der Waals surface area contributed by atoms with Crippen LogP contribution in [0.15, 0.2) is 35.6 Å². The number of nitrogens with one attached hydrogen (secondary N) is 3. The van der Waals surface area contributed by atoms with Crippen LogP contribution in [0.4, 0.5) is 5.69 Å². The van der Waals surface area contributed by atoms with Gasteiger partial charge in [-0.1, -0.05) is 6.08 Å². The highest BCUT2D eigenvalue weighted by molar-refractivity contribution is 5.83. The molecule has 1 aromatic rings. The summed E-state index contributed by atoms with van der Waals surface area (Å²) in [7, 11) is 0. The van der Waals surface area contributed by atoms with Gasteiger partial charge in [0.15, 0.2) is 0 Å². The number of rotatable bonds is 8. The van der Waals surface area contributed by atoms with E-state index in [4.69, 9.17) is 4.74 Å². The van der Waals surface area contributed by atoms with Crippen molar-refractivity contribution in [2.45, 2.75) is 57.2 Å². The molecule has 5 rings (SSSR count). The van der Waals surface area contributed by atoms with E-state index in [0.29, 0.717) is 24.3 Å². The number of carboxylic acid groups (broad SMARTS) is 1. The summed E-state index contributed by atoms with van der Waals surface area (Å²) in [5.41, 5.74) is 3.56. The fourth-order valence-electron chi connectivity index (χ4n) is 5.32. The van der Waals surface area contributed by atoms with Gasteiger partial charge in [0.05, 0.1) is 30.0 Å². The molecule has 1 amide bonds. The monoisotopic (exact) mass is 481 g/mol. The van der Waals surface area contributed by atoms with Crippen molar-refractivity contribution in [2.75, 3.05) is 25.0 Å². The molecule has 4 N–H and O–H groups in total. The van der Waals surface area contributed by atoms with Crippen molar-refractivity contribution in [3.63, 3.8) is 0 Å². The first kappa shape index (κ1) is 23.3. The van der Waals surface area contributed by atoms with Crippen molar-refractivity contribution in [3.05, 3.63) is 41.2 Å². The average molecular weight is 482 g/mol. The van der Waals surface area contributed by atoms with E-state index in [-0.39, 0.29) is 36.8 Å². The summed E-state index contributed by atoms with van der Waals surface area (Å²) < 4.78 is 5.20. The first-order valence-corrected chi connectivity index (χ1v) is 12.4. The number of anilines is 1. The lowest BCUT2D eigenvalue weighted by Crippen LogP contribution is -2.47. The van der Waals surface area contributed by atoms with Crippen LogP contribution in [0, 0.1) is 5.92 Å². The van der Waals surface area contributed by atoms with Gasteiger partial charge < -0.3 is 25.4 Å². The number of nitrogens with zero attached hydrogens (tertiary/aromatic N) is 2.